The van der Waals surface area contributed by atoms with Crippen LogP contribution >= 0.6 is 0 Å². The Balaban J connectivity index is 3.28. The first-order valence-electron chi connectivity index (χ1n) is 3.56. The summed E-state index contributed by atoms with van der Waals surface area (Å²) in [5.74, 6) is 3.34. The van der Waals surface area contributed by atoms with Gasteiger partial charge in [0.15, 0.2) is 0 Å². The van der Waals surface area contributed by atoms with Gasteiger partial charge in [-0.1, -0.05) is 12.1 Å². The zero-order valence-corrected chi connectivity index (χ0v) is 6.85. The average Bonchev–Trinajstić information content (AvgIpc) is 2.07. The maximum atomic E-state index is 13.1. The Morgan fingerprint density at radius 1 is 1.29 bits per heavy atom. The van der Waals surface area contributed by atoms with Crippen molar-refractivity contribution in [1.82, 2.24) is 0 Å². The van der Waals surface area contributed by atoms with Crippen molar-refractivity contribution in [2.45, 2.75) is 6.18 Å². The van der Waals surface area contributed by atoms with Crippen LogP contribution in [0.25, 0.3) is 0 Å². The van der Waals surface area contributed by atoms with E-state index in [1.165, 1.54) is 0 Å². The number of hydrazone groups is 1. The van der Waals surface area contributed by atoms with Gasteiger partial charge in [0.25, 0.3) is 0 Å². The van der Waals surface area contributed by atoms with Gasteiger partial charge in [0.1, 0.15) is 5.82 Å². The van der Waals surface area contributed by atoms with Crippen LogP contribution in [0.5, 0.6) is 0 Å². The lowest BCUT2D eigenvalue weighted by Crippen LogP contribution is -2.09. The van der Waals surface area contributed by atoms with E-state index in [0.717, 1.165) is 18.3 Å². The second-order valence-electron chi connectivity index (χ2n) is 2.48. The van der Waals surface area contributed by atoms with Gasteiger partial charge in [0.05, 0.1) is 11.8 Å². The zero-order valence-electron chi connectivity index (χ0n) is 6.85. The van der Waals surface area contributed by atoms with Crippen molar-refractivity contribution in [2.75, 3.05) is 0 Å². The molecule has 0 fully saturated rings. The number of halogens is 4. The summed E-state index contributed by atoms with van der Waals surface area (Å²) in [6.45, 7) is 0. The fourth-order valence-corrected chi connectivity index (χ4v) is 0.949. The van der Waals surface area contributed by atoms with Crippen LogP contribution in [-0.4, -0.2) is 6.21 Å². The van der Waals surface area contributed by atoms with Gasteiger partial charge >= 0.3 is 6.18 Å². The molecule has 1 rings (SSSR count). The van der Waals surface area contributed by atoms with E-state index in [-0.39, 0.29) is 5.56 Å². The van der Waals surface area contributed by atoms with E-state index in [1.807, 2.05) is 0 Å². The Morgan fingerprint density at radius 3 is 2.43 bits per heavy atom. The minimum Gasteiger partial charge on any atom is -0.323 e. The summed E-state index contributed by atoms with van der Waals surface area (Å²) in [7, 11) is 0. The number of rotatable bonds is 1. The molecule has 0 aliphatic heterocycles. The summed E-state index contributed by atoms with van der Waals surface area (Å²) < 4.78 is 49.5. The molecule has 1 aromatic carbocycles. The van der Waals surface area contributed by atoms with Gasteiger partial charge in [0, 0.05) is 5.56 Å². The second-order valence-corrected chi connectivity index (χ2v) is 2.48. The van der Waals surface area contributed by atoms with Crippen LogP contribution in [-0.2, 0) is 6.18 Å². The summed E-state index contributed by atoms with van der Waals surface area (Å²) >= 11 is 0. The number of hydrogen-bond donors (Lipinski definition) is 1. The van der Waals surface area contributed by atoms with E-state index >= 15 is 0 Å². The first-order valence-corrected chi connectivity index (χ1v) is 3.56. The van der Waals surface area contributed by atoms with Gasteiger partial charge in [-0.2, -0.15) is 18.3 Å². The van der Waals surface area contributed by atoms with Crippen molar-refractivity contribution in [3.8, 4) is 0 Å². The topological polar surface area (TPSA) is 38.4 Å². The van der Waals surface area contributed by atoms with Gasteiger partial charge in [-0.3, -0.25) is 0 Å². The maximum Gasteiger partial charge on any atom is 0.419 e. The molecule has 0 unspecified atom stereocenters. The van der Waals surface area contributed by atoms with Crippen LogP contribution in [0, 0.1) is 5.82 Å². The summed E-state index contributed by atoms with van der Waals surface area (Å²) in [5.41, 5.74) is -1.61. The van der Waals surface area contributed by atoms with Gasteiger partial charge in [-0.25, -0.2) is 4.39 Å². The highest BCUT2D eigenvalue weighted by Crippen LogP contribution is 2.31. The Kier molecular flexibility index (Phi) is 2.73. The first-order chi connectivity index (χ1) is 6.46. The molecule has 0 aromatic heterocycles. The fourth-order valence-electron chi connectivity index (χ4n) is 0.949. The lowest BCUT2D eigenvalue weighted by Gasteiger charge is -2.08. The highest BCUT2D eigenvalue weighted by molar-refractivity contribution is 5.80. The number of hydrogen-bond acceptors (Lipinski definition) is 2. The number of nitrogens with zero attached hydrogens (tertiary/aromatic N) is 1. The molecule has 0 amide bonds. The van der Waals surface area contributed by atoms with Crippen molar-refractivity contribution < 1.29 is 17.6 Å². The van der Waals surface area contributed by atoms with Gasteiger partial charge in [0.2, 0.25) is 0 Å². The van der Waals surface area contributed by atoms with Crippen molar-refractivity contribution in [2.24, 2.45) is 10.9 Å². The molecule has 0 radical (unpaired) electrons. The molecule has 0 aliphatic carbocycles. The van der Waals surface area contributed by atoms with E-state index < -0.39 is 17.6 Å². The monoisotopic (exact) mass is 206 g/mol. The molecule has 14 heavy (non-hydrogen) atoms. The van der Waals surface area contributed by atoms with Crippen LogP contribution in [0.15, 0.2) is 23.3 Å². The van der Waals surface area contributed by atoms with Gasteiger partial charge < -0.3 is 5.84 Å². The smallest absolute Gasteiger partial charge is 0.323 e. The Morgan fingerprint density at radius 2 is 1.93 bits per heavy atom. The van der Waals surface area contributed by atoms with Gasteiger partial charge in [-0.05, 0) is 6.07 Å². The van der Waals surface area contributed by atoms with Crippen LogP contribution in [0.3, 0.4) is 0 Å². The lowest BCUT2D eigenvalue weighted by molar-refractivity contribution is -0.140. The van der Waals surface area contributed by atoms with Crippen molar-refractivity contribution in [1.29, 1.82) is 0 Å². The molecule has 0 bridgehead atoms. The minimum absolute atomic E-state index is 0.290. The number of alkyl halides is 3. The van der Waals surface area contributed by atoms with Crippen LogP contribution in [0.4, 0.5) is 17.6 Å². The predicted octanol–water partition coefficient (Wildman–Crippen LogP) is 2.14. The van der Waals surface area contributed by atoms with E-state index in [2.05, 4.69) is 5.10 Å². The van der Waals surface area contributed by atoms with Crippen LogP contribution in [0.2, 0.25) is 0 Å². The molecule has 2 nitrogen and oxygen atoms in total. The van der Waals surface area contributed by atoms with Crippen LogP contribution < -0.4 is 5.84 Å². The molecular formula is C8H6F4N2. The molecule has 6 heteroatoms. The van der Waals surface area contributed by atoms with E-state index in [4.69, 9.17) is 5.84 Å². The third-order valence-electron chi connectivity index (χ3n) is 1.55. The molecule has 76 valence electrons. The molecule has 1 aromatic rings. The summed E-state index contributed by atoms with van der Waals surface area (Å²) in [4.78, 5) is 0. The normalized spacial score (nSPS) is 12.3. The maximum absolute atomic E-state index is 13.1. The third kappa shape index (κ3) is 2.01. The zero-order chi connectivity index (χ0) is 10.8. The second kappa shape index (κ2) is 3.65. The SMILES string of the molecule is NN=Cc1cccc(C(F)(F)F)c1F. The summed E-state index contributed by atoms with van der Waals surface area (Å²) in [5, 5.41) is 2.96. The van der Waals surface area contributed by atoms with E-state index in [9.17, 15) is 17.6 Å². The molecule has 0 spiro atoms. The van der Waals surface area contributed by atoms with Gasteiger partial charge in [-0.15, -0.1) is 0 Å². The van der Waals surface area contributed by atoms with Crippen LogP contribution in [0.1, 0.15) is 11.1 Å². The van der Waals surface area contributed by atoms with E-state index in [1.54, 1.807) is 0 Å². The largest absolute Gasteiger partial charge is 0.419 e. The first kappa shape index (κ1) is 10.5. The molecule has 0 saturated heterocycles. The third-order valence-corrected chi connectivity index (χ3v) is 1.55. The Labute approximate surface area is 77.0 Å². The highest BCUT2D eigenvalue weighted by atomic mass is 19.4. The summed E-state index contributed by atoms with van der Waals surface area (Å²) in [6.07, 6.45) is -3.88. The average molecular weight is 206 g/mol. The van der Waals surface area contributed by atoms with Crippen molar-refractivity contribution >= 4 is 6.21 Å². The number of nitrogens with two attached hydrogens (primary N) is 1. The molecule has 0 saturated carbocycles. The number of benzene rings is 1. The predicted molar refractivity (Wildman–Crippen MR) is 43.2 cm³/mol. The minimum atomic E-state index is -4.71. The standard InChI is InChI=1S/C8H6F4N2/c9-7-5(4-14-13)2-1-3-6(7)8(10,11)12/h1-4H,13H2. The Bertz CT molecular complexity index is 357. The molecule has 0 atom stereocenters. The molecular weight excluding hydrogens is 200 g/mol. The van der Waals surface area contributed by atoms with Crippen molar-refractivity contribution in [3.63, 3.8) is 0 Å². The molecule has 0 aliphatic rings. The molecule has 0 heterocycles. The lowest BCUT2D eigenvalue weighted by atomic mass is 10.1. The van der Waals surface area contributed by atoms with E-state index in [0.29, 0.717) is 6.07 Å². The Hall–Kier alpha value is -1.59. The quantitative estimate of drug-likeness (QED) is 0.325. The summed E-state index contributed by atoms with van der Waals surface area (Å²) in [6, 6.07) is 2.90. The fraction of sp³-hybridized carbons (Fsp3) is 0.125. The highest BCUT2D eigenvalue weighted by Gasteiger charge is 2.34. The van der Waals surface area contributed by atoms with Crippen molar-refractivity contribution in [3.05, 3.63) is 35.1 Å². The molecule has 2 N–H and O–H groups in total.